The number of amides is 1. The maximum absolute atomic E-state index is 12.6. The zero-order chi connectivity index (χ0) is 15.6. The van der Waals surface area contributed by atoms with E-state index in [4.69, 9.17) is 5.73 Å². The molecule has 0 aliphatic carbocycles. The Hall–Kier alpha value is -1.77. The normalized spacial score (nSPS) is 12.3. The zero-order valence-electron chi connectivity index (χ0n) is 9.90. The Morgan fingerprint density at radius 3 is 2.05 bits per heavy atom. The largest absolute Gasteiger partial charge is 0.417 e. The molecule has 0 heterocycles. The molecule has 0 saturated carbocycles. The minimum absolute atomic E-state index is 0.00120. The van der Waals surface area contributed by atoms with Crippen LogP contribution in [0.15, 0.2) is 18.2 Å². The summed E-state index contributed by atoms with van der Waals surface area (Å²) in [5, 5.41) is 2.17. The SMILES string of the molecule is NCCNC(=O)c1ccc(C(F)(F)F)c(C(F)(F)F)c1. The summed E-state index contributed by atoms with van der Waals surface area (Å²) in [5.74, 6) is -0.922. The molecule has 9 heteroatoms. The molecule has 0 fully saturated rings. The predicted octanol–water partition coefficient (Wildman–Crippen LogP) is 2.41. The molecule has 1 aromatic rings. The van der Waals surface area contributed by atoms with Crippen LogP contribution < -0.4 is 11.1 Å². The number of benzene rings is 1. The van der Waals surface area contributed by atoms with Crippen molar-refractivity contribution < 1.29 is 31.1 Å². The van der Waals surface area contributed by atoms with E-state index in [2.05, 4.69) is 5.32 Å². The van der Waals surface area contributed by atoms with Crippen LogP contribution in [-0.2, 0) is 12.4 Å². The molecule has 0 aliphatic rings. The van der Waals surface area contributed by atoms with Crippen molar-refractivity contribution in [3.05, 3.63) is 34.9 Å². The Kier molecular flexibility index (Phi) is 4.64. The van der Waals surface area contributed by atoms with Crippen molar-refractivity contribution in [2.24, 2.45) is 5.73 Å². The summed E-state index contributed by atoms with van der Waals surface area (Å²) in [5.41, 5.74) is 0.846. The molecule has 0 aliphatic heterocycles. The molecule has 0 spiro atoms. The van der Waals surface area contributed by atoms with Crippen molar-refractivity contribution in [3.63, 3.8) is 0 Å². The standard InChI is InChI=1S/C11H10F6N2O/c12-10(13,14)7-2-1-6(9(20)19-4-3-18)5-8(7)11(15,16)17/h1-2,5H,3-4,18H2,(H,19,20). The van der Waals surface area contributed by atoms with Gasteiger partial charge in [0.25, 0.3) is 5.91 Å². The number of alkyl halides is 6. The van der Waals surface area contributed by atoms with Gasteiger partial charge in [-0.25, -0.2) is 0 Å². The Balaban J connectivity index is 3.25. The van der Waals surface area contributed by atoms with Gasteiger partial charge in [-0.1, -0.05) is 0 Å². The average molecular weight is 300 g/mol. The molecular weight excluding hydrogens is 290 g/mol. The topological polar surface area (TPSA) is 55.1 Å². The van der Waals surface area contributed by atoms with Gasteiger partial charge in [-0.15, -0.1) is 0 Å². The molecule has 0 unspecified atom stereocenters. The first-order valence-corrected chi connectivity index (χ1v) is 5.34. The second kappa shape index (κ2) is 5.70. The van der Waals surface area contributed by atoms with Gasteiger partial charge in [0, 0.05) is 18.7 Å². The number of hydrogen-bond donors (Lipinski definition) is 2. The van der Waals surface area contributed by atoms with Gasteiger partial charge in [-0.05, 0) is 18.2 Å². The summed E-state index contributed by atoms with van der Waals surface area (Å²) >= 11 is 0. The van der Waals surface area contributed by atoms with Crippen LogP contribution in [0.1, 0.15) is 21.5 Å². The lowest BCUT2D eigenvalue weighted by atomic mass is 10.0. The van der Waals surface area contributed by atoms with E-state index in [-0.39, 0.29) is 25.2 Å². The first-order chi connectivity index (χ1) is 9.07. The molecule has 3 nitrogen and oxygen atoms in total. The second-order valence-electron chi connectivity index (χ2n) is 3.80. The third-order valence-corrected chi connectivity index (χ3v) is 2.32. The molecule has 1 aromatic carbocycles. The number of rotatable bonds is 3. The Morgan fingerprint density at radius 2 is 1.60 bits per heavy atom. The van der Waals surface area contributed by atoms with E-state index >= 15 is 0 Å². The predicted molar refractivity (Wildman–Crippen MR) is 57.8 cm³/mol. The molecule has 20 heavy (non-hydrogen) atoms. The van der Waals surface area contributed by atoms with E-state index in [1.54, 1.807) is 0 Å². The van der Waals surface area contributed by atoms with E-state index in [0.717, 1.165) is 0 Å². The molecule has 0 atom stereocenters. The van der Waals surface area contributed by atoms with Crippen molar-refractivity contribution in [2.45, 2.75) is 12.4 Å². The van der Waals surface area contributed by atoms with E-state index in [9.17, 15) is 31.1 Å². The van der Waals surface area contributed by atoms with Crippen LogP contribution in [0, 0.1) is 0 Å². The monoisotopic (exact) mass is 300 g/mol. The van der Waals surface area contributed by atoms with E-state index < -0.39 is 35.0 Å². The van der Waals surface area contributed by atoms with Crippen LogP contribution in [0.4, 0.5) is 26.3 Å². The summed E-state index contributed by atoms with van der Waals surface area (Å²) in [7, 11) is 0. The van der Waals surface area contributed by atoms with Crippen LogP contribution in [0.5, 0.6) is 0 Å². The minimum Gasteiger partial charge on any atom is -0.351 e. The van der Waals surface area contributed by atoms with Gasteiger partial charge in [0.2, 0.25) is 0 Å². The fourth-order valence-electron chi connectivity index (χ4n) is 1.45. The first kappa shape index (κ1) is 16.3. The fourth-order valence-corrected chi connectivity index (χ4v) is 1.45. The van der Waals surface area contributed by atoms with Crippen molar-refractivity contribution in [1.82, 2.24) is 5.32 Å². The van der Waals surface area contributed by atoms with E-state index in [0.29, 0.717) is 6.07 Å². The van der Waals surface area contributed by atoms with E-state index in [1.165, 1.54) is 0 Å². The molecule has 1 amide bonds. The fraction of sp³-hybridized carbons (Fsp3) is 0.364. The Labute approximate surface area is 109 Å². The molecule has 0 radical (unpaired) electrons. The molecule has 3 N–H and O–H groups in total. The number of hydrogen-bond acceptors (Lipinski definition) is 2. The van der Waals surface area contributed by atoms with Crippen molar-refractivity contribution in [1.29, 1.82) is 0 Å². The third kappa shape index (κ3) is 3.86. The molecule has 0 aromatic heterocycles. The smallest absolute Gasteiger partial charge is 0.351 e. The Bertz CT molecular complexity index is 495. The van der Waals surface area contributed by atoms with Gasteiger partial charge < -0.3 is 11.1 Å². The van der Waals surface area contributed by atoms with Gasteiger partial charge in [0.15, 0.2) is 0 Å². The summed E-state index contributed by atoms with van der Waals surface area (Å²) in [4.78, 5) is 11.4. The van der Waals surface area contributed by atoms with Crippen molar-refractivity contribution in [2.75, 3.05) is 13.1 Å². The number of carbonyl (C=O) groups excluding carboxylic acids is 1. The van der Waals surface area contributed by atoms with Crippen molar-refractivity contribution >= 4 is 5.91 Å². The van der Waals surface area contributed by atoms with Crippen molar-refractivity contribution in [3.8, 4) is 0 Å². The minimum atomic E-state index is -5.21. The van der Waals surface area contributed by atoms with E-state index in [1.807, 2.05) is 0 Å². The van der Waals surface area contributed by atoms with Crippen LogP contribution in [-0.4, -0.2) is 19.0 Å². The zero-order valence-corrected chi connectivity index (χ0v) is 9.90. The van der Waals surface area contributed by atoms with Gasteiger partial charge >= 0.3 is 12.4 Å². The molecular formula is C11H10F6N2O. The van der Waals surface area contributed by atoms with Crippen LogP contribution >= 0.6 is 0 Å². The summed E-state index contributed by atoms with van der Waals surface area (Å²) in [6.45, 7) is 0.0553. The highest BCUT2D eigenvalue weighted by Crippen LogP contribution is 2.40. The maximum Gasteiger partial charge on any atom is 0.417 e. The van der Waals surface area contributed by atoms with Gasteiger partial charge in [-0.2, -0.15) is 26.3 Å². The first-order valence-electron chi connectivity index (χ1n) is 5.34. The van der Waals surface area contributed by atoms with Crippen LogP contribution in [0.25, 0.3) is 0 Å². The maximum atomic E-state index is 12.6. The van der Waals surface area contributed by atoms with Crippen LogP contribution in [0.2, 0.25) is 0 Å². The number of nitrogens with two attached hydrogens (primary N) is 1. The van der Waals surface area contributed by atoms with Gasteiger partial charge in [0.1, 0.15) is 0 Å². The quantitative estimate of drug-likeness (QED) is 0.842. The van der Waals surface area contributed by atoms with Gasteiger partial charge in [0.05, 0.1) is 11.1 Å². The molecule has 112 valence electrons. The number of halogens is 6. The highest BCUT2D eigenvalue weighted by molar-refractivity contribution is 5.94. The third-order valence-electron chi connectivity index (χ3n) is 2.32. The summed E-state index contributed by atoms with van der Waals surface area (Å²) in [6.07, 6.45) is -10.4. The molecule has 0 saturated heterocycles. The number of carbonyl (C=O) groups is 1. The lowest BCUT2D eigenvalue weighted by Crippen LogP contribution is -2.29. The lowest BCUT2D eigenvalue weighted by molar-refractivity contribution is -0.162. The highest BCUT2D eigenvalue weighted by Gasteiger charge is 2.43. The molecule has 0 bridgehead atoms. The average Bonchev–Trinajstić information content (AvgIpc) is 2.33. The molecule has 1 rings (SSSR count). The second-order valence-corrected chi connectivity index (χ2v) is 3.80. The number of nitrogens with one attached hydrogen (secondary N) is 1. The highest BCUT2D eigenvalue weighted by atomic mass is 19.4. The Morgan fingerprint density at radius 1 is 1.05 bits per heavy atom. The van der Waals surface area contributed by atoms with Gasteiger partial charge in [-0.3, -0.25) is 4.79 Å². The summed E-state index contributed by atoms with van der Waals surface area (Å²) < 4.78 is 75.4. The van der Waals surface area contributed by atoms with Crippen LogP contribution in [0.3, 0.4) is 0 Å². The lowest BCUT2D eigenvalue weighted by Gasteiger charge is -2.16. The summed E-state index contributed by atoms with van der Waals surface area (Å²) in [6, 6.07) is 1.10.